The molecule has 1 saturated heterocycles. The summed E-state index contributed by atoms with van der Waals surface area (Å²) in [5, 5.41) is 16.1. The standard InChI is InChI=1S/C18H23FN4O/c19-16-4-2-14(3-5-16)15-6-9-22(17(20)12-15)7-1-8-23-10-11-24-13-18(23)21/h2-6,20-21H,1,7-13H2. The van der Waals surface area contributed by atoms with E-state index in [9.17, 15) is 4.39 Å². The molecule has 24 heavy (non-hydrogen) atoms. The molecule has 0 aliphatic carbocycles. The van der Waals surface area contributed by atoms with E-state index in [1.165, 1.54) is 12.1 Å². The van der Waals surface area contributed by atoms with Crippen LogP contribution in [0.1, 0.15) is 18.4 Å². The largest absolute Gasteiger partial charge is 0.372 e. The van der Waals surface area contributed by atoms with Gasteiger partial charge >= 0.3 is 0 Å². The summed E-state index contributed by atoms with van der Waals surface area (Å²) in [6, 6.07) is 6.47. The van der Waals surface area contributed by atoms with Crippen LogP contribution in [0.15, 0.2) is 30.3 Å². The summed E-state index contributed by atoms with van der Waals surface area (Å²) >= 11 is 0. The molecule has 0 atom stereocenters. The van der Waals surface area contributed by atoms with Gasteiger partial charge in [-0.25, -0.2) is 4.39 Å². The Morgan fingerprint density at radius 2 is 1.79 bits per heavy atom. The van der Waals surface area contributed by atoms with Gasteiger partial charge in [-0.1, -0.05) is 18.2 Å². The molecule has 0 spiro atoms. The topological polar surface area (TPSA) is 63.4 Å². The predicted molar refractivity (Wildman–Crippen MR) is 93.0 cm³/mol. The van der Waals surface area contributed by atoms with Gasteiger partial charge in [0, 0.05) is 32.6 Å². The molecule has 1 aromatic rings. The molecule has 2 aliphatic heterocycles. The van der Waals surface area contributed by atoms with Gasteiger partial charge in [-0.2, -0.15) is 0 Å². The molecule has 2 heterocycles. The van der Waals surface area contributed by atoms with E-state index in [1.54, 1.807) is 12.1 Å². The van der Waals surface area contributed by atoms with Crippen LogP contribution in [-0.4, -0.2) is 60.9 Å². The lowest BCUT2D eigenvalue weighted by atomic mass is 9.98. The Kier molecular flexibility index (Phi) is 5.25. The van der Waals surface area contributed by atoms with E-state index in [0.717, 1.165) is 37.2 Å². The first-order valence-electron chi connectivity index (χ1n) is 8.31. The summed E-state index contributed by atoms with van der Waals surface area (Å²) in [7, 11) is 0. The number of hydrogen-bond acceptors (Lipinski definition) is 3. The Labute approximate surface area is 141 Å². The minimum Gasteiger partial charge on any atom is -0.372 e. The second-order valence-electron chi connectivity index (χ2n) is 6.15. The number of ether oxygens (including phenoxy) is 1. The SMILES string of the molecule is N=C1CC(c2ccc(F)cc2)=CCN1CCCN1CCOCC1=N. The van der Waals surface area contributed by atoms with Crippen LogP contribution >= 0.6 is 0 Å². The average Bonchev–Trinajstić information content (AvgIpc) is 2.58. The smallest absolute Gasteiger partial charge is 0.123 e. The number of rotatable bonds is 5. The number of morpholine rings is 1. The van der Waals surface area contributed by atoms with Crippen molar-refractivity contribution in [3.8, 4) is 0 Å². The first-order valence-corrected chi connectivity index (χ1v) is 8.31. The number of nitrogens with zero attached hydrogens (tertiary/aromatic N) is 2. The Hall–Kier alpha value is -2.21. The number of hydrogen-bond donors (Lipinski definition) is 2. The van der Waals surface area contributed by atoms with Crippen LogP contribution in [0.5, 0.6) is 0 Å². The zero-order chi connectivity index (χ0) is 16.9. The Morgan fingerprint density at radius 3 is 2.50 bits per heavy atom. The highest BCUT2D eigenvalue weighted by Gasteiger charge is 2.19. The molecule has 3 rings (SSSR count). The van der Waals surface area contributed by atoms with Gasteiger partial charge in [-0.15, -0.1) is 0 Å². The Bertz CT molecular complexity index is 641. The van der Waals surface area contributed by atoms with Crippen LogP contribution in [0, 0.1) is 16.6 Å². The highest BCUT2D eigenvalue weighted by Crippen LogP contribution is 2.23. The first-order chi connectivity index (χ1) is 11.6. The highest BCUT2D eigenvalue weighted by molar-refractivity contribution is 5.92. The molecule has 2 aliphatic rings. The fraction of sp³-hybridized carbons (Fsp3) is 0.444. The molecule has 2 N–H and O–H groups in total. The highest BCUT2D eigenvalue weighted by atomic mass is 19.1. The maximum atomic E-state index is 13.0. The van der Waals surface area contributed by atoms with Crippen molar-refractivity contribution in [3.05, 3.63) is 41.7 Å². The maximum absolute atomic E-state index is 13.0. The molecule has 0 amide bonds. The van der Waals surface area contributed by atoms with E-state index >= 15 is 0 Å². The van der Waals surface area contributed by atoms with Crippen LogP contribution in [0.25, 0.3) is 5.57 Å². The third-order valence-corrected chi connectivity index (χ3v) is 4.49. The van der Waals surface area contributed by atoms with Crippen molar-refractivity contribution >= 4 is 17.2 Å². The van der Waals surface area contributed by atoms with Crippen LogP contribution in [0.2, 0.25) is 0 Å². The minimum atomic E-state index is -0.236. The molecular weight excluding hydrogens is 307 g/mol. The van der Waals surface area contributed by atoms with Crippen LogP contribution in [-0.2, 0) is 4.74 Å². The van der Waals surface area contributed by atoms with Gasteiger partial charge in [0.25, 0.3) is 0 Å². The van der Waals surface area contributed by atoms with E-state index in [2.05, 4.69) is 15.9 Å². The molecule has 6 heteroatoms. The van der Waals surface area contributed by atoms with Crippen LogP contribution in [0.3, 0.4) is 0 Å². The van der Waals surface area contributed by atoms with Crippen molar-refractivity contribution in [1.82, 2.24) is 9.80 Å². The monoisotopic (exact) mass is 330 g/mol. The van der Waals surface area contributed by atoms with E-state index in [4.69, 9.17) is 15.6 Å². The van der Waals surface area contributed by atoms with Gasteiger partial charge in [0.1, 0.15) is 24.1 Å². The zero-order valence-electron chi connectivity index (χ0n) is 13.7. The lowest BCUT2D eigenvalue weighted by molar-refractivity contribution is 0.114. The molecule has 128 valence electrons. The molecule has 0 radical (unpaired) electrons. The van der Waals surface area contributed by atoms with Gasteiger partial charge in [0.15, 0.2) is 0 Å². The summed E-state index contributed by atoms with van der Waals surface area (Å²) in [5.41, 5.74) is 2.08. The van der Waals surface area contributed by atoms with Crippen molar-refractivity contribution in [2.75, 3.05) is 39.4 Å². The first kappa shape index (κ1) is 16.6. The zero-order valence-corrected chi connectivity index (χ0v) is 13.7. The third kappa shape index (κ3) is 4.00. The Balaban J connectivity index is 1.50. The van der Waals surface area contributed by atoms with Crippen molar-refractivity contribution < 1.29 is 9.13 Å². The average molecular weight is 330 g/mol. The lowest BCUT2D eigenvalue weighted by Gasteiger charge is -2.32. The second-order valence-corrected chi connectivity index (χ2v) is 6.15. The van der Waals surface area contributed by atoms with Crippen molar-refractivity contribution in [2.45, 2.75) is 12.8 Å². The Morgan fingerprint density at radius 1 is 1.04 bits per heavy atom. The van der Waals surface area contributed by atoms with Crippen molar-refractivity contribution in [2.24, 2.45) is 0 Å². The third-order valence-electron chi connectivity index (χ3n) is 4.49. The summed E-state index contributed by atoms with van der Waals surface area (Å²) in [4.78, 5) is 4.12. The molecule has 0 aromatic heterocycles. The van der Waals surface area contributed by atoms with Gasteiger partial charge in [0.2, 0.25) is 0 Å². The summed E-state index contributed by atoms with van der Waals surface area (Å²) < 4.78 is 18.3. The molecule has 1 fully saturated rings. The van der Waals surface area contributed by atoms with Gasteiger partial charge < -0.3 is 14.5 Å². The number of halogens is 1. The number of amidine groups is 2. The second kappa shape index (κ2) is 7.57. The van der Waals surface area contributed by atoms with Crippen molar-refractivity contribution in [3.63, 3.8) is 0 Å². The van der Waals surface area contributed by atoms with Gasteiger partial charge in [-0.05, 0) is 29.7 Å². The molecule has 0 bridgehead atoms. The number of benzene rings is 1. The quantitative estimate of drug-likeness (QED) is 0.872. The molecule has 1 aromatic carbocycles. The maximum Gasteiger partial charge on any atom is 0.123 e. The molecule has 0 unspecified atom stereocenters. The van der Waals surface area contributed by atoms with E-state index in [0.29, 0.717) is 37.9 Å². The fourth-order valence-corrected chi connectivity index (χ4v) is 3.07. The predicted octanol–water partition coefficient (Wildman–Crippen LogP) is 2.59. The van der Waals surface area contributed by atoms with Crippen LogP contribution < -0.4 is 0 Å². The summed E-state index contributed by atoms with van der Waals surface area (Å²) in [5.74, 6) is 0.919. The van der Waals surface area contributed by atoms with Gasteiger partial charge in [-0.3, -0.25) is 10.8 Å². The summed E-state index contributed by atoms with van der Waals surface area (Å²) in [6.07, 6.45) is 3.63. The summed E-state index contributed by atoms with van der Waals surface area (Å²) in [6.45, 7) is 4.24. The van der Waals surface area contributed by atoms with E-state index in [-0.39, 0.29) is 5.82 Å². The lowest BCUT2D eigenvalue weighted by Crippen LogP contribution is -2.43. The van der Waals surface area contributed by atoms with Gasteiger partial charge in [0.05, 0.1) is 6.61 Å². The molecule has 5 nitrogen and oxygen atoms in total. The van der Waals surface area contributed by atoms with E-state index < -0.39 is 0 Å². The molecule has 0 saturated carbocycles. The minimum absolute atomic E-state index is 0.236. The van der Waals surface area contributed by atoms with Crippen LogP contribution in [0.4, 0.5) is 4.39 Å². The molecular formula is C18H23FN4O. The van der Waals surface area contributed by atoms with E-state index in [1.807, 2.05) is 0 Å². The van der Waals surface area contributed by atoms with Crippen molar-refractivity contribution in [1.29, 1.82) is 10.8 Å². The fourth-order valence-electron chi connectivity index (χ4n) is 3.07. The number of nitrogens with one attached hydrogen (secondary N) is 2. The normalized spacial score (nSPS) is 18.8.